The van der Waals surface area contributed by atoms with Gasteiger partial charge in [-0.05, 0) is 30.8 Å². The molecule has 12 heavy (non-hydrogen) atoms. The molecule has 2 heteroatoms. The van der Waals surface area contributed by atoms with E-state index < -0.39 is 8.32 Å². The van der Waals surface area contributed by atoms with Gasteiger partial charge in [0.15, 0.2) is 0 Å². The lowest BCUT2D eigenvalue weighted by atomic mass is 10.3. The van der Waals surface area contributed by atoms with Crippen LogP contribution in [0.2, 0.25) is 18.6 Å². The monoisotopic (exact) mass is 178 g/mol. The van der Waals surface area contributed by atoms with Crippen molar-refractivity contribution in [1.29, 1.82) is 0 Å². The van der Waals surface area contributed by atoms with Gasteiger partial charge in [0.1, 0.15) is 5.75 Å². The molecule has 1 aromatic carbocycles. The van der Waals surface area contributed by atoms with Gasteiger partial charge >= 0.3 is 0 Å². The van der Waals surface area contributed by atoms with Crippen LogP contribution in [0.4, 0.5) is 0 Å². The van der Waals surface area contributed by atoms with E-state index in [1.165, 1.54) is 18.5 Å². The zero-order valence-corrected chi connectivity index (χ0v) is 8.42. The van der Waals surface area contributed by atoms with Gasteiger partial charge in [0.25, 0.3) is 0 Å². The molecule has 0 aliphatic carbocycles. The molecule has 1 aliphatic heterocycles. The minimum Gasteiger partial charge on any atom is -0.544 e. The SMILES string of the molecule is C[Si]1(Oc2ccccc2)CCC1. The molecule has 0 spiro atoms. The van der Waals surface area contributed by atoms with E-state index in [-0.39, 0.29) is 0 Å². The highest BCUT2D eigenvalue weighted by Gasteiger charge is 2.38. The highest BCUT2D eigenvalue weighted by molar-refractivity contribution is 6.75. The van der Waals surface area contributed by atoms with Crippen molar-refractivity contribution in [1.82, 2.24) is 0 Å². The Kier molecular flexibility index (Phi) is 1.93. The largest absolute Gasteiger partial charge is 0.544 e. The van der Waals surface area contributed by atoms with Crippen molar-refractivity contribution < 1.29 is 4.43 Å². The summed E-state index contributed by atoms with van der Waals surface area (Å²) in [6, 6.07) is 12.9. The standard InChI is InChI=1S/C10H14OSi/c1-12(8-5-9-12)11-10-6-3-2-4-7-10/h2-4,6-7H,5,8-9H2,1H3. The van der Waals surface area contributed by atoms with Crippen molar-refractivity contribution in [2.45, 2.75) is 25.1 Å². The fourth-order valence-corrected chi connectivity index (χ4v) is 3.81. The lowest BCUT2D eigenvalue weighted by Gasteiger charge is -2.35. The lowest BCUT2D eigenvalue weighted by Crippen LogP contribution is -2.44. The molecule has 0 unspecified atom stereocenters. The van der Waals surface area contributed by atoms with Crippen LogP contribution in [0, 0.1) is 0 Å². The highest BCUT2D eigenvalue weighted by Crippen LogP contribution is 2.33. The van der Waals surface area contributed by atoms with Crippen LogP contribution in [-0.2, 0) is 0 Å². The molecule has 1 nitrogen and oxygen atoms in total. The van der Waals surface area contributed by atoms with Crippen molar-refractivity contribution in [3.05, 3.63) is 30.3 Å². The minimum absolute atomic E-state index is 1.06. The van der Waals surface area contributed by atoms with Crippen LogP contribution in [-0.4, -0.2) is 8.32 Å². The van der Waals surface area contributed by atoms with Gasteiger partial charge in [0.05, 0.1) is 0 Å². The van der Waals surface area contributed by atoms with Crippen LogP contribution in [0.3, 0.4) is 0 Å². The van der Waals surface area contributed by atoms with Gasteiger partial charge in [-0.2, -0.15) is 0 Å². The predicted molar refractivity (Wildman–Crippen MR) is 52.9 cm³/mol. The molecule has 1 aliphatic rings. The number of benzene rings is 1. The summed E-state index contributed by atoms with van der Waals surface area (Å²) in [7, 11) is -1.24. The van der Waals surface area contributed by atoms with Crippen molar-refractivity contribution >= 4 is 8.32 Å². The second-order valence-electron chi connectivity index (χ2n) is 3.72. The lowest BCUT2D eigenvalue weighted by molar-refractivity contribution is 0.507. The van der Waals surface area contributed by atoms with Crippen molar-refractivity contribution in [3.8, 4) is 5.75 Å². The second kappa shape index (κ2) is 2.94. The van der Waals surface area contributed by atoms with Crippen LogP contribution >= 0.6 is 0 Å². The van der Waals surface area contributed by atoms with E-state index in [1.54, 1.807) is 0 Å². The number of hydrogen-bond donors (Lipinski definition) is 0. The van der Waals surface area contributed by atoms with Gasteiger partial charge in [-0.3, -0.25) is 0 Å². The zero-order chi connectivity index (χ0) is 8.44. The number of hydrogen-bond acceptors (Lipinski definition) is 1. The summed E-state index contributed by atoms with van der Waals surface area (Å²) in [6.45, 7) is 2.32. The molecule has 0 bridgehead atoms. The average molecular weight is 178 g/mol. The molecule has 1 saturated heterocycles. The van der Waals surface area contributed by atoms with E-state index in [0.29, 0.717) is 0 Å². The minimum atomic E-state index is -1.24. The van der Waals surface area contributed by atoms with Gasteiger partial charge in [0, 0.05) is 0 Å². The summed E-state index contributed by atoms with van der Waals surface area (Å²) in [5, 5.41) is 0. The molecule has 64 valence electrons. The molecule has 0 radical (unpaired) electrons. The third-order valence-corrected chi connectivity index (χ3v) is 6.07. The fourth-order valence-electron chi connectivity index (χ4n) is 1.55. The van der Waals surface area contributed by atoms with Gasteiger partial charge in [-0.1, -0.05) is 24.6 Å². The first kappa shape index (κ1) is 7.86. The summed E-state index contributed by atoms with van der Waals surface area (Å²) >= 11 is 0. The Labute approximate surface area is 74.5 Å². The second-order valence-corrected chi connectivity index (χ2v) is 7.82. The van der Waals surface area contributed by atoms with E-state index >= 15 is 0 Å². The Morgan fingerprint density at radius 3 is 2.33 bits per heavy atom. The predicted octanol–water partition coefficient (Wildman–Crippen LogP) is 3.04. The van der Waals surface area contributed by atoms with E-state index in [4.69, 9.17) is 4.43 Å². The quantitative estimate of drug-likeness (QED) is 0.632. The maximum Gasteiger partial charge on any atom is 0.248 e. The molecular formula is C10H14OSi. The Morgan fingerprint density at radius 1 is 1.17 bits per heavy atom. The smallest absolute Gasteiger partial charge is 0.248 e. The van der Waals surface area contributed by atoms with Crippen LogP contribution in [0.15, 0.2) is 30.3 Å². The van der Waals surface area contributed by atoms with Gasteiger partial charge < -0.3 is 4.43 Å². The average Bonchev–Trinajstić information content (AvgIpc) is 2.04. The highest BCUT2D eigenvalue weighted by atomic mass is 28.4. The van der Waals surface area contributed by atoms with Crippen LogP contribution in [0.25, 0.3) is 0 Å². The van der Waals surface area contributed by atoms with Gasteiger partial charge in [-0.15, -0.1) is 0 Å². The van der Waals surface area contributed by atoms with Crippen LogP contribution < -0.4 is 4.43 Å². The normalized spacial score (nSPS) is 19.8. The maximum atomic E-state index is 5.98. The molecule has 1 aromatic rings. The Bertz CT molecular complexity index is 254. The molecule has 0 amide bonds. The summed E-state index contributed by atoms with van der Waals surface area (Å²) in [6.07, 6.45) is 1.37. The maximum absolute atomic E-state index is 5.98. The first-order valence-corrected chi connectivity index (χ1v) is 7.35. The zero-order valence-electron chi connectivity index (χ0n) is 7.42. The van der Waals surface area contributed by atoms with Gasteiger partial charge in [0.2, 0.25) is 8.32 Å². The molecule has 0 N–H and O–H groups in total. The van der Waals surface area contributed by atoms with E-state index in [0.717, 1.165) is 5.75 Å². The molecular weight excluding hydrogens is 164 g/mol. The Balaban J connectivity index is 2.04. The first-order valence-electron chi connectivity index (χ1n) is 4.53. The molecule has 0 atom stereocenters. The fraction of sp³-hybridized carbons (Fsp3) is 0.400. The van der Waals surface area contributed by atoms with Crippen molar-refractivity contribution in [2.75, 3.05) is 0 Å². The molecule has 2 rings (SSSR count). The molecule has 0 saturated carbocycles. The summed E-state index contributed by atoms with van der Waals surface area (Å²) in [5.41, 5.74) is 0. The van der Waals surface area contributed by atoms with Crippen LogP contribution in [0.1, 0.15) is 6.42 Å². The molecule has 0 aromatic heterocycles. The number of para-hydroxylation sites is 1. The molecule has 1 fully saturated rings. The Morgan fingerprint density at radius 2 is 1.83 bits per heavy atom. The summed E-state index contributed by atoms with van der Waals surface area (Å²) < 4.78 is 5.98. The third-order valence-electron chi connectivity index (χ3n) is 2.52. The van der Waals surface area contributed by atoms with E-state index in [9.17, 15) is 0 Å². The topological polar surface area (TPSA) is 9.23 Å². The van der Waals surface area contributed by atoms with Crippen LogP contribution in [0.5, 0.6) is 5.75 Å². The number of rotatable bonds is 2. The third kappa shape index (κ3) is 1.53. The van der Waals surface area contributed by atoms with E-state index in [2.05, 4.69) is 18.7 Å². The van der Waals surface area contributed by atoms with E-state index in [1.807, 2.05) is 18.2 Å². The van der Waals surface area contributed by atoms with Gasteiger partial charge in [-0.25, -0.2) is 0 Å². The summed E-state index contributed by atoms with van der Waals surface area (Å²) in [5.74, 6) is 1.06. The summed E-state index contributed by atoms with van der Waals surface area (Å²) in [4.78, 5) is 0. The van der Waals surface area contributed by atoms with Crippen molar-refractivity contribution in [3.63, 3.8) is 0 Å². The first-order chi connectivity index (χ1) is 5.79. The van der Waals surface area contributed by atoms with Crippen molar-refractivity contribution in [2.24, 2.45) is 0 Å². The Hall–Kier alpha value is -0.763. The molecule has 1 heterocycles.